The monoisotopic (exact) mass is 552 g/mol. The average molecular weight is 554 g/mol. The first-order chi connectivity index (χ1) is 14.2. The SMILES string of the molecule is Br.Br.Cc1ccc2c(c1O)C[C@@H](C1CCN(CC=Cc3ccccc3)CC1)O[C@H]2CN. The van der Waals surface area contributed by atoms with Crippen LogP contribution < -0.4 is 5.73 Å². The van der Waals surface area contributed by atoms with Crippen LogP contribution in [0.4, 0.5) is 0 Å². The molecule has 0 bridgehead atoms. The standard InChI is InChI=1S/C25H32N2O2.2BrH/c1-18-9-10-21-22(25(18)28)16-23(29-24(21)17-26)20-11-14-27(15-12-20)13-5-8-19-6-3-2-4-7-19;;/h2-10,20,23-24,28H,11-17,26H2,1H3;2*1H/t23-,24-;;/m0../s1. The first-order valence-electron chi connectivity index (χ1n) is 10.8. The molecule has 0 unspecified atom stereocenters. The van der Waals surface area contributed by atoms with E-state index in [1.165, 1.54) is 5.56 Å². The van der Waals surface area contributed by atoms with E-state index in [1.807, 2.05) is 19.1 Å². The summed E-state index contributed by atoms with van der Waals surface area (Å²) in [5, 5.41) is 10.6. The van der Waals surface area contributed by atoms with Crippen molar-refractivity contribution >= 4 is 40.0 Å². The van der Waals surface area contributed by atoms with Crippen LogP contribution in [0.1, 0.15) is 41.2 Å². The van der Waals surface area contributed by atoms with Gasteiger partial charge in [-0.25, -0.2) is 0 Å². The summed E-state index contributed by atoms with van der Waals surface area (Å²) in [5.74, 6) is 0.948. The summed E-state index contributed by atoms with van der Waals surface area (Å²) in [6.45, 7) is 5.57. The van der Waals surface area contributed by atoms with Crippen LogP contribution in [0, 0.1) is 12.8 Å². The van der Waals surface area contributed by atoms with Crippen molar-refractivity contribution in [2.75, 3.05) is 26.2 Å². The zero-order valence-electron chi connectivity index (χ0n) is 18.1. The van der Waals surface area contributed by atoms with Gasteiger partial charge in [-0.15, -0.1) is 34.0 Å². The molecule has 2 atom stereocenters. The Labute approximate surface area is 207 Å². The van der Waals surface area contributed by atoms with Crippen molar-refractivity contribution in [3.05, 3.63) is 70.8 Å². The number of hydrogen-bond donors (Lipinski definition) is 2. The Kier molecular flexibility index (Phi) is 10.2. The van der Waals surface area contributed by atoms with Gasteiger partial charge in [0.05, 0.1) is 12.2 Å². The smallest absolute Gasteiger partial charge is 0.122 e. The maximum absolute atomic E-state index is 10.6. The van der Waals surface area contributed by atoms with Crippen LogP contribution >= 0.6 is 34.0 Å². The predicted octanol–water partition coefficient (Wildman–Crippen LogP) is 5.22. The maximum atomic E-state index is 10.6. The number of rotatable bonds is 5. The average Bonchev–Trinajstić information content (AvgIpc) is 2.77. The minimum Gasteiger partial charge on any atom is -0.507 e. The number of nitrogens with zero attached hydrogens (tertiary/aromatic N) is 1. The molecular formula is C25H34Br2N2O2. The number of nitrogens with two attached hydrogens (primary N) is 1. The molecule has 4 rings (SSSR count). The molecule has 0 saturated carbocycles. The molecule has 0 aliphatic carbocycles. The lowest BCUT2D eigenvalue weighted by molar-refractivity contribution is -0.0641. The fraction of sp³-hybridized carbons (Fsp3) is 0.440. The molecule has 2 aromatic rings. The van der Waals surface area contributed by atoms with Crippen LogP contribution in [0.15, 0.2) is 48.5 Å². The van der Waals surface area contributed by atoms with Crippen molar-refractivity contribution in [1.82, 2.24) is 4.90 Å². The molecule has 170 valence electrons. The molecule has 1 fully saturated rings. The zero-order valence-corrected chi connectivity index (χ0v) is 21.5. The third-order valence-electron chi connectivity index (χ3n) is 6.46. The predicted molar refractivity (Wildman–Crippen MR) is 139 cm³/mol. The minimum atomic E-state index is -0.109. The summed E-state index contributed by atoms with van der Waals surface area (Å²) in [6, 6.07) is 14.5. The van der Waals surface area contributed by atoms with E-state index >= 15 is 0 Å². The topological polar surface area (TPSA) is 58.7 Å². The highest BCUT2D eigenvalue weighted by Crippen LogP contribution is 2.40. The Morgan fingerprint density at radius 1 is 1.10 bits per heavy atom. The molecule has 0 radical (unpaired) electrons. The molecule has 2 aliphatic heterocycles. The third-order valence-corrected chi connectivity index (χ3v) is 6.46. The van der Waals surface area contributed by atoms with Gasteiger partial charge in [0.1, 0.15) is 5.75 Å². The largest absolute Gasteiger partial charge is 0.507 e. The van der Waals surface area contributed by atoms with Gasteiger partial charge in [-0.3, -0.25) is 4.90 Å². The first-order valence-corrected chi connectivity index (χ1v) is 10.8. The number of hydrogen-bond acceptors (Lipinski definition) is 4. The Morgan fingerprint density at radius 2 is 1.81 bits per heavy atom. The summed E-state index contributed by atoms with van der Waals surface area (Å²) >= 11 is 0. The van der Waals surface area contributed by atoms with Crippen molar-refractivity contribution in [2.45, 2.75) is 38.4 Å². The van der Waals surface area contributed by atoms with Crippen LogP contribution in [-0.4, -0.2) is 42.3 Å². The Balaban J connectivity index is 0.00000171. The van der Waals surface area contributed by atoms with Gasteiger partial charge in [0.15, 0.2) is 0 Å². The van der Waals surface area contributed by atoms with Gasteiger partial charge >= 0.3 is 0 Å². The molecule has 1 saturated heterocycles. The maximum Gasteiger partial charge on any atom is 0.122 e. The Morgan fingerprint density at radius 3 is 2.48 bits per heavy atom. The van der Waals surface area contributed by atoms with Crippen LogP contribution in [0.2, 0.25) is 0 Å². The number of ether oxygens (including phenoxy) is 1. The summed E-state index contributed by atoms with van der Waals surface area (Å²) in [6.07, 6.45) is 7.54. The molecule has 4 nitrogen and oxygen atoms in total. The van der Waals surface area contributed by atoms with E-state index in [2.05, 4.69) is 47.4 Å². The summed E-state index contributed by atoms with van der Waals surface area (Å²) in [7, 11) is 0. The lowest BCUT2D eigenvalue weighted by atomic mass is 9.83. The number of benzene rings is 2. The Hall–Kier alpha value is -1.18. The number of halogens is 2. The van der Waals surface area contributed by atoms with Crippen molar-refractivity contribution in [2.24, 2.45) is 11.7 Å². The second-order valence-electron chi connectivity index (χ2n) is 8.35. The molecule has 2 heterocycles. The van der Waals surface area contributed by atoms with E-state index in [0.717, 1.165) is 55.6 Å². The van der Waals surface area contributed by atoms with E-state index < -0.39 is 0 Å². The number of aryl methyl sites for hydroxylation is 1. The van der Waals surface area contributed by atoms with Crippen LogP contribution in [0.25, 0.3) is 6.08 Å². The molecule has 3 N–H and O–H groups in total. The van der Waals surface area contributed by atoms with Crippen molar-refractivity contribution in [3.8, 4) is 5.75 Å². The number of phenolic OH excluding ortho intramolecular Hbond substituents is 1. The quantitative estimate of drug-likeness (QED) is 0.532. The molecule has 0 aromatic heterocycles. The number of aromatic hydroxyl groups is 1. The number of phenols is 1. The van der Waals surface area contributed by atoms with E-state index in [9.17, 15) is 5.11 Å². The number of likely N-dealkylation sites (tertiary alicyclic amines) is 1. The van der Waals surface area contributed by atoms with Gasteiger partial charge in [0.2, 0.25) is 0 Å². The van der Waals surface area contributed by atoms with Crippen molar-refractivity contribution in [1.29, 1.82) is 0 Å². The molecule has 31 heavy (non-hydrogen) atoms. The number of fused-ring (bicyclic) bond motifs is 1. The van der Waals surface area contributed by atoms with Gasteiger partial charge in [-0.05, 0) is 55.5 Å². The van der Waals surface area contributed by atoms with Gasteiger partial charge in [-0.1, -0.05) is 54.6 Å². The fourth-order valence-corrected chi connectivity index (χ4v) is 4.69. The van der Waals surface area contributed by atoms with Crippen molar-refractivity contribution in [3.63, 3.8) is 0 Å². The van der Waals surface area contributed by atoms with Gasteiger partial charge in [0.25, 0.3) is 0 Å². The molecular weight excluding hydrogens is 520 g/mol. The molecule has 2 aromatic carbocycles. The van der Waals surface area contributed by atoms with Crippen molar-refractivity contribution < 1.29 is 9.84 Å². The summed E-state index contributed by atoms with van der Waals surface area (Å²) < 4.78 is 6.40. The molecule has 0 amide bonds. The fourth-order valence-electron chi connectivity index (χ4n) is 4.69. The highest BCUT2D eigenvalue weighted by molar-refractivity contribution is 8.93. The summed E-state index contributed by atoms with van der Waals surface area (Å²) in [5.41, 5.74) is 10.3. The van der Waals surface area contributed by atoms with E-state index in [1.54, 1.807) is 0 Å². The Bertz CT molecular complexity index is 852. The van der Waals surface area contributed by atoms with Gasteiger partial charge < -0.3 is 15.6 Å². The highest BCUT2D eigenvalue weighted by atomic mass is 79.9. The normalized spacial score (nSPS) is 21.9. The molecule has 0 spiro atoms. The summed E-state index contributed by atoms with van der Waals surface area (Å²) in [4.78, 5) is 2.51. The lowest BCUT2D eigenvalue weighted by Gasteiger charge is -2.40. The van der Waals surface area contributed by atoms with Gasteiger partial charge in [0, 0.05) is 25.1 Å². The molecule has 6 heteroatoms. The van der Waals surface area contributed by atoms with Crippen LogP contribution in [0.3, 0.4) is 0 Å². The van der Waals surface area contributed by atoms with E-state index in [-0.39, 0.29) is 46.2 Å². The zero-order chi connectivity index (χ0) is 20.2. The minimum absolute atomic E-state index is 0. The molecule has 2 aliphatic rings. The first kappa shape index (κ1) is 26.1. The lowest BCUT2D eigenvalue weighted by Crippen LogP contribution is -2.42. The second kappa shape index (κ2) is 12.2. The van der Waals surface area contributed by atoms with Crippen LogP contribution in [0.5, 0.6) is 5.75 Å². The second-order valence-corrected chi connectivity index (χ2v) is 8.35. The number of piperidine rings is 1. The third kappa shape index (κ3) is 6.20. The van der Waals surface area contributed by atoms with Gasteiger partial charge in [-0.2, -0.15) is 0 Å². The van der Waals surface area contributed by atoms with E-state index in [4.69, 9.17) is 10.5 Å². The van der Waals surface area contributed by atoms with Crippen LogP contribution in [-0.2, 0) is 11.2 Å². The van der Waals surface area contributed by atoms with E-state index in [0.29, 0.717) is 18.2 Å². The highest BCUT2D eigenvalue weighted by Gasteiger charge is 2.35.